The van der Waals surface area contributed by atoms with Crippen molar-refractivity contribution in [3.8, 4) is 0 Å². The zero-order valence-electron chi connectivity index (χ0n) is 17.1. The maximum Gasteiger partial charge on any atom is 0.274 e. The van der Waals surface area contributed by atoms with Crippen molar-refractivity contribution in [2.24, 2.45) is 5.92 Å². The predicted octanol–water partition coefficient (Wildman–Crippen LogP) is 2.05. The summed E-state index contributed by atoms with van der Waals surface area (Å²) in [5, 5.41) is 7.39. The summed E-state index contributed by atoms with van der Waals surface area (Å²) in [5.41, 5.74) is 4.22. The van der Waals surface area contributed by atoms with Gasteiger partial charge in [-0.1, -0.05) is 0 Å². The lowest BCUT2D eigenvalue weighted by molar-refractivity contribution is -0.0769. The number of aromatic nitrogens is 3. The Labute approximate surface area is 171 Å². The number of likely N-dealkylation sites (tertiary alicyclic amines) is 2. The van der Waals surface area contributed by atoms with Crippen molar-refractivity contribution in [2.45, 2.75) is 44.2 Å². The molecule has 1 unspecified atom stereocenters. The Morgan fingerprint density at radius 1 is 1.31 bits per heavy atom. The summed E-state index contributed by atoms with van der Waals surface area (Å²) >= 11 is 0. The maximum absolute atomic E-state index is 13.0. The number of H-pyrrole nitrogens is 1. The van der Waals surface area contributed by atoms with Crippen molar-refractivity contribution in [3.63, 3.8) is 0 Å². The number of nitrogens with one attached hydrogen (secondary N) is 1. The number of likely N-dealkylation sites (N-methyl/N-ethyl adjacent to an activating group) is 1. The number of nitrogens with zero attached hydrogens (tertiary/aromatic N) is 4. The number of fused-ring (bicyclic) bond motifs is 1. The van der Waals surface area contributed by atoms with Crippen LogP contribution in [0.2, 0.25) is 0 Å². The van der Waals surface area contributed by atoms with Gasteiger partial charge < -0.3 is 9.64 Å². The number of hydrogen-bond donors (Lipinski definition) is 1. The Bertz CT molecular complexity index is 875. The molecule has 2 aromatic rings. The Kier molecular flexibility index (Phi) is 4.87. The van der Waals surface area contributed by atoms with Gasteiger partial charge in [0.2, 0.25) is 0 Å². The summed E-state index contributed by atoms with van der Waals surface area (Å²) in [6.45, 7) is 4.06. The highest BCUT2D eigenvalue weighted by molar-refractivity contribution is 5.95. The third-order valence-corrected chi connectivity index (χ3v) is 6.99. The first kappa shape index (κ1) is 18.8. The minimum Gasteiger partial charge on any atom is -0.376 e. The van der Waals surface area contributed by atoms with Crippen molar-refractivity contribution < 1.29 is 9.53 Å². The number of hydrogen-bond acceptors (Lipinski definition) is 5. The number of piperidine rings is 1. The molecule has 1 N–H and O–H groups in total. The van der Waals surface area contributed by atoms with Crippen molar-refractivity contribution in [3.05, 3.63) is 47.0 Å². The number of aryl methyl sites for hydroxylation is 1. The molecule has 29 heavy (non-hydrogen) atoms. The van der Waals surface area contributed by atoms with E-state index in [0.717, 1.165) is 75.2 Å². The van der Waals surface area contributed by atoms with Crippen LogP contribution in [0.5, 0.6) is 0 Å². The summed E-state index contributed by atoms with van der Waals surface area (Å²) in [7, 11) is 2.20. The molecular formula is C22H29N5O2. The molecule has 0 saturated carbocycles. The largest absolute Gasteiger partial charge is 0.376 e. The zero-order valence-corrected chi connectivity index (χ0v) is 17.1. The third-order valence-electron chi connectivity index (χ3n) is 6.99. The van der Waals surface area contributed by atoms with Gasteiger partial charge in [0.15, 0.2) is 5.69 Å². The highest BCUT2D eigenvalue weighted by atomic mass is 16.5. The average molecular weight is 396 g/mol. The molecule has 2 aromatic heterocycles. The summed E-state index contributed by atoms with van der Waals surface area (Å²) in [6, 6.07) is 3.99. The van der Waals surface area contributed by atoms with Crippen LogP contribution in [-0.2, 0) is 24.2 Å². The number of rotatable bonds is 5. The lowest BCUT2D eigenvalue weighted by Crippen LogP contribution is -2.72. The van der Waals surface area contributed by atoms with Crippen molar-refractivity contribution in [1.29, 1.82) is 0 Å². The second-order valence-electron chi connectivity index (χ2n) is 8.92. The molecular weight excluding hydrogens is 366 g/mol. The third kappa shape index (κ3) is 3.46. The summed E-state index contributed by atoms with van der Waals surface area (Å²) in [4.78, 5) is 21.5. The molecule has 2 fully saturated rings. The fraction of sp³-hybridized carbons (Fsp3) is 0.591. The first-order valence-electron chi connectivity index (χ1n) is 10.7. The monoisotopic (exact) mass is 395 g/mol. The van der Waals surface area contributed by atoms with E-state index in [9.17, 15) is 4.79 Å². The molecule has 1 amide bonds. The van der Waals surface area contributed by atoms with Gasteiger partial charge in [0.25, 0.3) is 5.91 Å². The SMILES string of the molecule is CN1CCC(COCc2ccncc2)CC12CN(C(=O)c1n[nH]c3c1CCC3)C2. The average Bonchev–Trinajstić information content (AvgIpc) is 3.32. The molecule has 0 aromatic carbocycles. The van der Waals surface area contributed by atoms with Gasteiger partial charge >= 0.3 is 0 Å². The van der Waals surface area contributed by atoms with Gasteiger partial charge in [-0.05, 0) is 69.3 Å². The normalized spacial score (nSPS) is 23.2. The maximum atomic E-state index is 13.0. The van der Waals surface area contributed by atoms with Crippen LogP contribution in [0.25, 0.3) is 0 Å². The Morgan fingerprint density at radius 2 is 2.14 bits per heavy atom. The molecule has 3 aliphatic rings. The fourth-order valence-electron chi connectivity index (χ4n) is 5.20. The number of amides is 1. The zero-order chi connectivity index (χ0) is 19.8. The Balaban J connectivity index is 1.17. The summed E-state index contributed by atoms with van der Waals surface area (Å²) in [5.74, 6) is 0.638. The van der Waals surface area contributed by atoms with Gasteiger partial charge in [-0.2, -0.15) is 5.10 Å². The van der Waals surface area contributed by atoms with E-state index in [1.165, 1.54) is 0 Å². The lowest BCUT2D eigenvalue weighted by atomic mass is 9.75. The lowest BCUT2D eigenvalue weighted by Gasteiger charge is -2.58. The minimum absolute atomic E-state index is 0.0953. The van der Waals surface area contributed by atoms with E-state index in [4.69, 9.17) is 4.74 Å². The molecule has 2 aliphatic heterocycles. The van der Waals surface area contributed by atoms with E-state index >= 15 is 0 Å². The molecule has 154 valence electrons. The highest BCUT2D eigenvalue weighted by Crippen LogP contribution is 2.39. The number of carbonyl (C=O) groups is 1. The molecule has 7 nitrogen and oxygen atoms in total. The van der Waals surface area contributed by atoms with Crippen LogP contribution in [0, 0.1) is 5.92 Å². The van der Waals surface area contributed by atoms with Gasteiger partial charge in [-0.25, -0.2) is 0 Å². The molecule has 1 atom stereocenters. The first-order valence-corrected chi connectivity index (χ1v) is 10.7. The number of ether oxygens (including phenoxy) is 1. The standard InChI is InChI=1S/C22H29N5O2/c1-26-10-7-17(13-29-12-16-5-8-23-9-6-16)11-22(26)14-27(15-22)21(28)20-18-3-2-4-19(18)24-25-20/h5-6,8-9,17H,2-4,7,10-15H2,1H3,(H,24,25). The molecule has 2 saturated heterocycles. The van der Waals surface area contributed by atoms with E-state index in [0.29, 0.717) is 18.2 Å². The molecule has 1 spiro atoms. The van der Waals surface area contributed by atoms with E-state index < -0.39 is 0 Å². The molecule has 0 radical (unpaired) electrons. The van der Waals surface area contributed by atoms with Crippen LogP contribution in [0.1, 0.15) is 46.6 Å². The van der Waals surface area contributed by atoms with Gasteiger partial charge in [0.05, 0.1) is 12.1 Å². The second kappa shape index (κ2) is 7.54. The summed E-state index contributed by atoms with van der Waals surface area (Å²) < 4.78 is 6.00. The van der Waals surface area contributed by atoms with Crippen LogP contribution in [-0.4, -0.2) is 69.7 Å². The van der Waals surface area contributed by atoms with Crippen LogP contribution < -0.4 is 0 Å². The second-order valence-corrected chi connectivity index (χ2v) is 8.92. The van der Waals surface area contributed by atoms with E-state index in [1.54, 1.807) is 12.4 Å². The smallest absolute Gasteiger partial charge is 0.274 e. The van der Waals surface area contributed by atoms with Crippen LogP contribution in [0.4, 0.5) is 0 Å². The number of aromatic amines is 1. The summed E-state index contributed by atoms with van der Waals surface area (Å²) in [6.07, 6.45) is 8.96. The quantitative estimate of drug-likeness (QED) is 0.839. The number of pyridine rings is 1. The van der Waals surface area contributed by atoms with Crippen LogP contribution in [0.15, 0.2) is 24.5 Å². The van der Waals surface area contributed by atoms with Gasteiger partial charge in [0, 0.05) is 43.3 Å². The fourth-order valence-corrected chi connectivity index (χ4v) is 5.20. The van der Waals surface area contributed by atoms with Crippen molar-refractivity contribution in [1.82, 2.24) is 25.0 Å². The van der Waals surface area contributed by atoms with Gasteiger partial charge in [0.1, 0.15) is 0 Å². The van der Waals surface area contributed by atoms with Crippen molar-refractivity contribution in [2.75, 3.05) is 33.3 Å². The van der Waals surface area contributed by atoms with Crippen LogP contribution in [0.3, 0.4) is 0 Å². The van der Waals surface area contributed by atoms with Crippen LogP contribution >= 0.6 is 0 Å². The molecule has 7 heteroatoms. The molecule has 0 bridgehead atoms. The minimum atomic E-state index is 0.0953. The van der Waals surface area contributed by atoms with E-state index in [1.807, 2.05) is 17.0 Å². The Hall–Kier alpha value is -2.25. The van der Waals surface area contributed by atoms with Gasteiger partial charge in [-0.3, -0.25) is 19.8 Å². The van der Waals surface area contributed by atoms with E-state index in [2.05, 4.69) is 27.1 Å². The molecule has 5 rings (SSSR count). The topological polar surface area (TPSA) is 74.3 Å². The molecule has 4 heterocycles. The Morgan fingerprint density at radius 3 is 2.97 bits per heavy atom. The number of carbonyl (C=O) groups excluding carboxylic acids is 1. The van der Waals surface area contributed by atoms with E-state index in [-0.39, 0.29) is 11.4 Å². The predicted molar refractivity (Wildman–Crippen MR) is 108 cm³/mol. The van der Waals surface area contributed by atoms with Gasteiger partial charge in [-0.15, -0.1) is 0 Å². The highest BCUT2D eigenvalue weighted by Gasteiger charge is 2.51. The molecule has 1 aliphatic carbocycles. The first-order chi connectivity index (χ1) is 14.1. The van der Waals surface area contributed by atoms with Crippen molar-refractivity contribution >= 4 is 5.91 Å².